The van der Waals surface area contributed by atoms with Gasteiger partial charge in [-0.2, -0.15) is 0 Å². The Morgan fingerprint density at radius 3 is 2.36 bits per heavy atom. The van der Waals surface area contributed by atoms with E-state index in [2.05, 4.69) is 20.8 Å². The van der Waals surface area contributed by atoms with E-state index < -0.39 is 11.7 Å². The molecular formula is C24H42O4. The fourth-order valence-electron chi connectivity index (χ4n) is 8.38. The number of aliphatic hydroxyl groups excluding tert-OH is 3. The highest BCUT2D eigenvalue weighted by molar-refractivity contribution is 5.13. The molecule has 0 heterocycles. The number of aliphatic hydroxyl groups is 4. The van der Waals surface area contributed by atoms with Crippen LogP contribution in [0.1, 0.15) is 85.5 Å². The molecule has 4 aliphatic carbocycles. The number of hydrogen-bond acceptors (Lipinski definition) is 4. The molecule has 0 aliphatic heterocycles. The minimum Gasteiger partial charge on any atom is -0.393 e. The van der Waals surface area contributed by atoms with Gasteiger partial charge in [0.2, 0.25) is 0 Å². The van der Waals surface area contributed by atoms with Gasteiger partial charge >= 0.3 is 0 Å². The average molecular weight is 395 g/mol. The van der Waals surface area contributed by atoms with Crippen molar-refractivity contribution in [1.29, 1.82) is 0 Å². The second-order valence-corrected chi connectivity index (χ2v) is 11.7. The summed E-state index contributed by atoms with van der Waals surface area (Å²) in [6.45, 7) is 8.49. The largest absolute Gasteiger partial charge is 0.393 e. The van der Waals surface area contributed by atoms with Crippen LogP contribution >= 0.6 is 0 Å². The average Bonchev–Trinajstić information content (AvgIpc) is 3.00. The zero-order valence-corrected chi connectivity index (χ0v) is 18.3. The Bertz CT molecular complexity index is 593. The van der Waals surface area contributed by atoms with Crippen LogP contribution in [0.5, 0.6) is 0 Å². The highest BCUT2D eigenvalue weighted by Crippen LogP contribution is 2.67. The molecule has 0 aromatic heterocycles. The molecule has 0 radical (unpaired) electrons. The van der Waals surface area contributed by atoms with Gasteiger partial charge in [0.25, 0.3) is 0 Å². The van der Waals surface area contributed by atoms with Crippen LogP contribution in [0.3, 0.4) is 0 Å². The van der Waals surface area contributed by atoms with Gasteiger partial charge in [0, 0.05) is 0 Å². The van der Waals surface area contributed by atoms with Crippen molar-refractivity contribution in [2.45, 2.75) is 109 Å². The maximum absolute atomic E-state index is 11.4. The van der Waals surface area contributed by atoms with E-state index in [1.165, 1.54) is 6.42 Å². The van der Waals surface area contributed by atoms with Crippen molar-refractivity contribution in [1.82, 2.24) is 0 Å². The number of fused-ring (bicyclic) bond motifs is 5. The molecular weight excluding hydrogens is 352 g/mol. The van der Waals surface area contributed by atoms with Gasteiger partial charge in [0.15, 0.2) is 0 Å². The summed E-state index contributed by atoms with van der Waals surface area (Å²) < 4.78 is 0. The van der Waals surface area contributed by atoms with Crippen molar-refractivity contribution in [2.75, 3.05) is 0 Å². The van der Waals surface area contributed by atoms with E-state index >= 15 is 0 Å². The van der Waals surface area contributed by atoms with Gasteiger partial charge < -0.3 is 20.4 Å². The van der Waals surface area contributed by atoms with Crippen LogP contribution in [0, 0.1) is 40.4 Å². The van der Waals surface area contributed by atoms with Gasteiger partial charge in [-0.25, -0.2) is 0 Å². The van der Waals surface area contributed by atoms with Gasteiger partial charge in [-0.1, -0.05) is 27.2 Å². The van der Waals surface area contributed by atoms with Crippen LogP contribution in [-0.2, 0) is 0 Å². The molecule has 0 spiro atoms. The number of hydrogen-bond donors (Lipinski definition) is 4. The van der Waals surface area contributed by atoms with E-state index in [1.54, 1.807) is 6.92 Å². The lowest BCUT2D eigenvalue weighted by molar-refractivity contribution is -0.213. The van der Waals surface area contributed by atoms with Crippen molar-refractivity contribution in [3.8, 4) is 0 Å². The fraction of sp³-hybridized carbons (Fsp3) is 1.00. The summed E-state index contributed by atoms with van der Waals surface area (Å²) in [7, 11) is 0. The summed E-state index contributed by atoms with van der Waals surface area (Å²) in [5.74, 6) is 1.44. The molecule has 4 rings (SSSR count). The molecule has 4 fully saturated rings. The highest BCUT2D eigenvalue weighted by Gasteiger charge is 2.64. The third-order valence-electron chi connectivity index (χ3n) is 10.3. The van der Waals surface area contributed by atoms with E-state index in [9.17, 15) is 20.4 Å². The van der Waals surface area contributed by atoms with Gasteiger partial charge in [-0.15, -0.1) is 0 Å². The Morgan fingerprint density at radius 2 is 1.68 bits per heavy atom. The molecule has 11 atom stereocenters. The molecule has 4 aliphatic rings. The van der Waals surface area contributed by atoms with Crippen molar-refractivity contribution in [3.63, 3.8) is 0 Å². The smallest absolute Gasteiger partial charge is 0.0677 e. The van der Waals surface area contributed by atoms with Gasteiger partial charge in [-0.3, -0.25) is 0 Å². The molecule has 4 heteroatoms. The second kappa shape index (κ2) is 6.93. The van der Waals surface area contributed by atoms with Crippen LogP contribution in [0.15, 0.2) is 0 Å². The molecule has 28 heavy (non-hydrogen) atoms. The molecule has 0 amide bonds. The maximum atomic E-state index is 11.4. The zero-order chi connectivity index (χ0) is 20.5. The van der Waals surface area contributed by atoms with Crippen molar-refractivity contribution >= 4 is 0 Å². The standard InChI is InChI=1S/C24H42O4/c1-14(10-15(2)25)24(28)9-8-22(3)16(13-24)11-19(26)21-17-6-5-7-23(17,4)20(27)12-18(21)22/h14-21,25-28H,5-13H2,1-4H3/t14?,15?,16?,17-,18-,19+,20-,21-,22-,23+,24+/m0/s1. The van der Waals surface area contributed by atoms with Crippen LogP contribution < -0.4 is 0 Å². The lowest BCUT2D eigenvalue weighted by Crippen LogP contribution is -2.62. The van der Waals surface area contributed by atoms with E-state index in [1.807, 2.05) is 0 Å². The Kier molecular flexibility index (Phi) is 5.22. The highest BCUT2D eigenvalue weighted by atomic mass is 16.3. The Hall–Kier alpha value is -0.160. The first-order chi connectivity index (χ1) is 13.0. The molecule has 0 saturated heterocycles. The van der Waals surface area contributed by atoms with E-state index in [-0.39, 0.29) is 34.9 Å². The van der Waals surface area contributed by atoms with Crippen LogP contribution in [-0.4, -0.2) is 44.3 Å². The summed E-state index contributed by atoms with van der Waals surface area (Å²) in [4.78, 5) is 0. The van der Waals surface area contributed by atoms with Gasteiger partial charge in [0.1, 0.15) is 0 Å². The SMILES string of the molecule is CC(O)CC(C)[C@@]1(O)CC[C@@]2(C)C(C[C@@H](O)[C@H]3[C@@H]4CCC[C@@]4(C)[C@@H](O)C[C@@H]32)C1. The quantitative estimate of drug-likeness (QED) is 0.591. The Balaban J connectivity index is 1.60. The topological polar surface area (TPSA) is 80.9 Å². The summed E-state index contributed by atoms with van der Waals surface area (Å²) in [6, 6.07) is 0. The fourth-order valence-corrected chi connectivity index (χ4v) is 8.38. The first kappa shape index (κ1) is 21.1. The maximum Gasteiger partial charge on any atom is 0.0677 e. The molecule has 0 bridgehead atoms. The molecule has 0 aromatic carbocycles. The normalized spacial score (nSPS) is 55.7. The lowest BCUT2D eigenvalue weighted by atomic mass is 9.42. The predicted molar refractivity (Wildman–Crippen MR) is 110 cm³/mol. The van der Waals surface area contributed by atoms with Crippen molar-refractivity contribution in [3.05, 3.63) is 0 Å². The summed E-state index contributed by atoms with van der Waals surface area (Å²) in [6.07, 6.45) is 7.08. The molecule has 4 nitrogen and oxygen atoms in total. The summed E-state index contributed by atoms with van der Waals surface area (Å²) in [5.41, 5.74) is -0.680. The van der Waals surface area contributed by atoms with E-state index in [0.29, 0.717) is 24.2 Å². The second-order valence-electron chi connectivity index (χ2n) is 11.7. The van der Waals surface area contributed by atoms with E-state index in [0.717, 1.165) is 44.9 Å². The predicted octanol–water partition coefficient (Wildman–Crippen LogP) is 3.50. The molecule has 0 aromatic rings. The summed E-state index contributed by atoms with van der Waals surface area (Å²) >= 11 is 0. The molecule has 162 valence electrons. The molecule has 4 N–H and O–H groups in total. The van der Waals surface area contributed by atoms with Crippen LogP contribution in [0.4, 0.5) is 0 Å². The van der Waals surface area contributed by atoms with Gasteiger partial charge in [-0.05, 0) is 98.7 Å². The van der Waals surface area contributed by atoms with Crippen LogP contribution in [0.25, 0.3) is 0 Å². The third kappa shape index (κ3) is 3.01. The molecule has 4 saturated carbocycles. The summed E-state index contributed by atoms with van der Waals surface area (Å²) in [5, 5.41) is 43.6. The van der Waals surface area contributed by atoms with Crippen molar-refractivity contribution < 1.29 is 20.4 Å². The zero-order valence-electron chi connectivity index (χ0n) is 18.3. The Labute approximate surface area is 170 Å². The number of rotatable bonds is 3. The lowest BCUT2D eigenvalue weighted by Gasteiger charge is -2.64. The monoisotopic (exact) mass is 394 g/mol. The van der Waals surface area contributed by atoms with Gasteiger partial charge in [0.05, 0.1) is 23.9 Å². The van der Waals surface area contributed by atoms with E-state index in [4.69, 9.17) is 0 Å². The minimum absolute atomic E-state index is 0.0213. The van der Waals surface area contributed by atoms with Crippen molar-refractivity contribution in [2.24, 2.45) is 40.4 Å². The van der Waals surface area contributed by atoms with Crippen LogP contribution in [0.2, 0.25) is 0 Å². The first-order valence-corrected chi connectivity index (χ1v) is 11.8. The third-order valence-corrected chi connectivity index (χ3v) is 10.3. The minimum atomic E-state index is -0.747. The Morgan fingerprint density at radius 1 is 0.964 bits per heavy atom. The molecule has 3 unspecified atom stereocenters. The first-order valence-electron chi connectivity index (χ1n) is 11.8.